The molecule has 0 aliphatic carbocycles. The molecule has 0 aromatic heterocycles. The summed E-state index contributed by atoms with van der Waals surface area (Å²) in [4.78, 5) is 26.0. The lowest BCUT2D eigenvalue weighted by Crippen LogP contribution is -2.42. The summed E-state index contributed by atoms with van der Waals surface area (Å²) in [6.45, 7) is 2.75. The molecule has 35 heavy (non-hydrogen) atoms. The van der Waals surface area contributed by atoms with Gasteiger partial charge in [0.25, 0.3) is 11.6 Å². The Bertz CT molecular complexity index is 1220. The van der Waals surface area contributed by atoms with Crippen molar-refractivity contribution in [1.29, 1.82) is 0 Å². The van der Waals surface area contributed by atoms with Crippen molar-refractivity contribution in [2.45, 2.75) is 25.8 Å². The normalized spacial score (nSPS) is 14.7. The Hall–Kier alpha value is -4.07. The number of benzene rings is 3. The summed E-state index contributed by atoms with van der Waals surface area (Å²) in [7, 11) is 3.16. The second-order valence-electron chi connectivity index (χ2n) is 8.29. The van der Waals surface area contributed by atoms with Crippen molar-refractivity contribution < 1.29 is 23.9 Å². The molecule has 0 radical (unpaired) electrons. The number of nitro benzene ring substituents is 1. The molecule has 1 aliphatic rings. The zero-order valence-corrected chi connectivity index (χ0v) is 20.0. The van der Waals surface area contributed by atoms with E-state index in [0.29, 0.717) is 30.2 Å². The zero-order chi connectivity index (χ0) is 24.9. The number of nitrogens with zero attached hydrogens (tertiary/aromatic N) is 2. The summed E-state index contributed by atoms with van der Waals surface area (Å²) < 4.78 is 17.1. The second-order valence-corrected chi connectivity index (χ2v) is 8.29. The number of non-ortho nitro benzene ring substituents is 1. The van der Waals surface area contributed by atoms with Crippen molar-refractivity contribution in [1.82, 2.24) is 4.90 Å². The van der Waals surface area contributed by atoms with Crippen LogP contribution in [0.15, 0.2) is 60.7 Å². The monoisotopic (exact) mass is 476 g/mol. The van der Waals surface area contributed by atoms with Crippen LogP contribution in [0.2, 0.25) is 0 Å². The Labute approximate surface area is 204 Å². The summed E-state index contributed by atoms with van der Waals surface area (Å²) in [6.07, 6.45) is 1.54. The molecule has 4 rings (SSSR count). The van der Waals surface area contributed by atoms with Gasteiger partial charge in [0.15, 0.2) is 11.5 Å². The fraction of sp³-hybridized carbons (Fsp3) is 0.296. The van der Waals surface area contributed by atoms with E-state index in [9.17, 15) is 14.9 Å². The minimum atomic E-state index is -0.500. The number of nitro groups is 1. The first-order valence-electron chi connectivity index (χ1n) is 11.5. The number of carbonyl (C=O) groups is 1. The van der Waals surface area contributed by atoms with Gasteiger partial charge in [-0.2, -0.15) is 0 Å². The molecule has 0 saturated heterocycles. The van der Waals surface area contributed by atoms with Crippen LogP contribution >= 0.6 is 0 Å². The van der Waals surface area contributed by atoms with Crippen LogP contribution in [0.25, 0.3) is 0 Å². The molecule has 1 amide bonds. The molecule has 182 valence electrons. The SMILES string of the molecule is CCc1ccc(OC[C@H]2c3cc(OC)c(OC)cc3CCN2C(=O)c2cccc([N+](=O)[O-])c2)cc1. The first kappa shape index (κ1) is 24.1. The number of fused-ring (bicyclic) bond motifs is 1. The fourth-order valence-corrected chi connectivity index (χ4v) is 4.37. The Morgan fingerprint density at radius 3 is 2.43 bits per heavy atom. The van der Waals surface area contributed by atoms with Gasteiger partial charge in [0.05, 0.1) is 25.2 Å². The smallest absolute Gasteiger partial charge is 0.270 e. The highest BCUT2D eigenvalue weighted by Crippen LogP contribution is 2.39. The summed E-state index contributed by atoms with van der Waals surface area (Å²) >= 11 is 0. The summed E-state index contributed by atoms with van der Waals surface area (Å²) in [5.41, 5.74) is 3.29. The molecule has 0 unspecified atom stereocenters. The van der Waals surface area contributed by atoms with Gasteiger partial charge in [-0.15, -0.1) is 0 Å². The molecular formula is C27H28N2O6. The van der Waals surface area contributed by atoms with Gasteiger partial charge in [0.2, 0.25) is 0 Å². The number of rotatable bonds is 8. The molecule has 0 N–H and O–H groups in total. The lowest BCUT2D eigenvalue weighted by atomic mass is 9.91. The van der Waals surface area contributed by atoms with Gasteiger partial charge in [-0.3, -0.25) is 14.9 Å². The van der Waals surface area contributed by atoms with Gasteiger partial charge in [0, 0.05) is 24.2 Å². The Balaban J connectivity index is 1.70. The molecule has 8 nitrogen and oxygen atoms in total. The molecule has 8 heteroatoms. The van der Waals surface area contributed by atoms with E-state index in [1.807, 2.05) is 36.4 Å². The van der Waals surface area contributed by atoms with E-state index < -0.39 is 11.0 Å². The standard InChI is InChI=1S/C27H28N2O6/c1-4-18-8-10-22(11-9-18)35-17-24-23-16-26(34-3)25(33-2)15-19(23)12-13-28(24)27(30)20-6-5-7-21(14-20)29(31)32/h5-11,14-16,24H,4,12-13,17H2,1-3H3/t24-/m0/s1. The number of aryl methyl sites for hydroxylation is 1. The lowest BCUT2D eigenvalue weighted by molar-refractivity contribution is -0.384. The largest absolute Gasteiger partial charge is 0.493 e. The van der Waals surface area contributed by atoms with E-state index in [1.54, 1.807) is 25.2 Å². The van der Waals surface area contributed by atoms with E-state index in [1.165, 1.54) is 23.8 Å². The Morgan fingerprint density at radius 1 is 1.06 bits per heavy atom. The Morgan fingerprint density at radius 2 is 1.77 bits per heavy atom. The number of ether oxygens (including phenoxy) is 3. The summed E-state index contributed by atoms with van der Waals surface area (Å²) in [5.74, 6) is 1.61. The van der Waals surface area contributed by atoms with Crippen LogP contribution in [-0.2, 0) is 12.8 Å². The van der Waals surface area contributed by atoms with Crippen LogP contribution in [0.3, 0.4) is 0 Å². The quantitative estimate of drug-likeness (QED) is 0.336. The van der Waals surface area contributed by atoms with E-state index in [-0.39, 0.29) is 23.8 Å². The fourth-order valence-electron chi connectivity index (χ4n) is 4.37. The maximum absolute atomic E-state index is 13.6. The average molecular weight is 477 g/mol. The van der Waals surface area contributed by atoms with E-state index in [4.69, 9.17) is 14.2 Å². The predicted octanol–water partition coefficient (Wildman–Crippen LogP) is 4.99. The van der Waals surface area contributed by atoms with Crippen molar-refractivity contribution in [2.24, 2.45) is 0 Å². The zero-order valence-electron chi connectivity index (χ0n) is 20.0. The van der Waals surface area contributed by atoms with Crippen LogP contribution in [0.1, 0.15) is 40.0 Å². The molecule has 1 atom stereocenters. The molecule has 0 bridgehead atoms. The van der Waals surface area contributed by atoms with Crippen molar-refractivity contribution >= 4 is 11.6 Å². The molecule has 3 aromatic carbocycles. The van der Waals surface area contributed by atoms with Gasteiger partial charge in [-0.25, -0.2) is 0 Å². The molecule has 0 fully saturated rings. The van der Waals surface area contributed by atoms with Gasteiger partial charge in [-0.1, -0.05) is 25.1 Å². The van der Waals surface area contributed by atoms with Crippen LogP contribution in [0, 0.1) is 10.1 Å². The van der Waals surface area contributed by atoms with E-state index >= 15 is 0 Å². The van der Waals surface area contributed by atoms with Gasteiger partial charge >= 0.3 is 0 Å². The summed E-state index contributed by atoms with van der Waals surface area (Å²) in [6, 6.07) is 17.1. The topological polar surface area (TPSA) is 91.1 Å². The van der Waals surface area contributed by atoms with Gasteiger partial charge < -0.3 is 19.1 Å². The van der Waals surface area contributed by atoms with Crippen LogP contribution < -0.4 is 14.2 Å². The molecule has 3 aromatic rings. The molecule has 0 saturated carbocycles. The maximum atomic E-state index is 13.6. The summed E-state index contributed by atoms with van der Waals surface area (Å²) in [5, 5.41) is 11.3. The molecular weight excluding hydrogens is 448 g/mol. The van der Waals surface area contributed by atoms with Crippen molar-refractivity contribution in [3.05, 3.63) is 93.0 Å². The van der Waals surface area contributed by atoms with Crippen molar-refractivity contribution in [3.63, 3.8) is 0 Å². The minimum absolute atomic E-state index is 0.122. The van der Waals surface area contributed by atoms with Crippen molar-refractivity contribution in [2.75, 3.05) is 27.4 Å². The van der Waals surface area contributed by atoms with Gasteiger partial charge in [-0.05, 0) is 59.9 Å². The van der Waals surface area contributed by atoms with Crippen LogP contribution in [0.5, 0.6) is 17.2 Å². The van der Waals surface area contributed by atoms with Gasteiger partial charge in [0.1, 0.15) is 12.4 Å². The molecule has 1 heterocycles. The highest BCUT2D eigenvalue weighted by atomic mass is 16.6. The number of hydrogen-bond acceptors (Lipinski definition) is 6. The lowest BCUT2D eigenvalue weighted by Gasteiger charge is -2.37. The molecule has 0 spiro atoms. The molecule has 1 aliphatic heterocycles. The van der Waals surface area contributed by atoms with E-state index in [2.05, 4.69) is 6.92 Å². The van der Waals surface area contributed by atoms with Crippen LogP contribution in [0.4, 0.5) is 5.69 Å². The van der Waals surface area contributed by atoms with Crippen molar-refractivity contribution in [3.8, 4) is 17.2 Å². The van der Waals surface area contributed by atoms with Crippen LogP contribution in [-0.4, -0.2) is 43.1 Å². The maximum Gasteiger partial charge on any atom is 0.270 e. The first-order valence-corrected chi connectivity index (χ1v) is 11.5. The third kappa shape index (κ3) is 5.06. The number of methoxy groups -OCH3 is 2. The highest BCUT2D eigenvalue weighted by Gasteiger charge is 2.33. The number of carbonyl (C=O) groups excluding carboxylic acids is 1. The Kier molecular flexibility index (Phi) is 7.19. The first-order chi connectivity index (χ1) is 16.9. The second kappa shape index (κ2) is 10.5. The number of amides is 1. The minimum Gasteiger partial charge on any atom is -0.493 e. The third-order valence-electron chi connectivity index (χ3n) is 6.31. The third-order valence-corrected chi connectivity index (χ3v) is 6.31. The van der Waals surface area contributed by atoms with E-state index in [0.717, 1.165) is 17.5 Å². The highest BCUT2D eigenvalue weighted by molar-refractivity contribution is 5.95. The number of hydrogen-bond donors (Lipinski definition) is 0. The average Bonchev–Trinajstić information content (AvgIpc) is 2.90. The predicted molar refractivity (Wildman–Crippen MR) is 131 cm³/mol.